The second kappa shape index (κ2) is 6.14. The lowest BCUT2D eigenvalue weighted by Gasteiger charge is -2.22. The SMILES string of the molecule is C[C@H]1c2cc(CN(C)C)ccc2C(=O)N1Cc1ccc2[nH]c(=O)oc2c1. The van der Waals surface area contributed by atoms with Gasteiger partial charge < -0.3 is 14.2 Å². The Kier molecular flexibility index (Phi) is 3.92. The van der Waals surface area contributed by atoms with E-state index in [1.165, 1.54) is 5.56 Å². The van der Waals surface area contributed by atoms with Gasteiger partial charge in [0.1, 0.15) is 0 Å². The van der Waals surface area contributed by atoms with E-state index in [1.807, 2.05) is 49.3 Å². The third-order valence-corrected chi connectivity index (χ3v) is 4.86. The maximum absolute atomic E-state index is 12.8. The van der Waals surface area contributed by atoms with Crippen LogP contribution >= 0.6 is 0 Å². The van der Waals surface area contributed by atoms with Gasteiger partial charge in [0.15, 0.2) is 5.58 Å². The Bertz CT molecular complexity index is 1050. The molecule has 2 aromatic carbocycles. The van der Waals surface area contributed by atoms with Crippen LogP contribution in [0.5, 0.6) is 0 Å². The van der Waals surface area contributed by atoms with Gasteiger partial charge in [-0.05, 0) is 55.9 Å². The first kappa shape index (κ1) is 16.6. The third-order valence-electron chi connectivity index (χ3n) is 4.86. The van der Waals surface area contributed by atoms with Gasteiger partial charge >= 0.3 is 5.76 Å². The molecule has 0 saturated heterocycles. The second-order valence-electron chi connectivity index (χ2n) is 7.11. The van der Waals surface area contributed by atoms with Gasteiger partial charge in [0.2, 0.25) is 0 Å². The maximum atomic E-state index is 12.8. The fraction of sp³-hybridized carbons (Fsp3) is 0.300. The number of hydrogen-bond acceptors (Lipinski definition) is 4. The highest BCUT2D eigenvalue weighted by molar-refractivity contribution is 5.99. The molecule has 2 heterocycles. The molecule has 1 aliphatic heterocycles. The monoisotopic (exact) mass is 351 g/mol. The Morgan fingerprint density at radius 3 is 2.65 bits per heavy atom. The van der Waals surface area contributed by atoms with Crippen LogP contribution in [0.4, 0.5) is 0 Å². The molecule has 6 heteroatoms. The van der Waals surface area contributed by atoms with Crippen molar-refractivity contribution >= 4 is 17.0 Å². The number of aromatic nitrogens is 1. The standard InChI is InChI=1S/C20H21N3O3/c1-12-16-8-13(10-22(2)3)4-6-15(16)19(24)23(12)11-14-5-7-17-18(9-14)26-20(25)21-17/h4-9,12H,10-11H2,1-3H3,(H,21,25)/t12-/m0/s1. The van der Waals surface area contributed by atoms with Crippen LogP contribution in [0.15, 0.2) is 45.6 Å². The summed E-state index contributed by atoms with van der Waals surface area (Å²) in [6.07, 6.45) is 0. The molecule has 0 unspecified atom stereocenters. The summed E-state index contributed by atoms with van der Waals surface area (Å²) >= 11 is 0. The molecule has 4 rings (SSSR count). The van der Waals surface area contributed by atoms with Crippen molar-refractivity contribution in [1.29, 1.82) is 0 Å². The molecule has 26 heavy (non-hydrogen) atoms. The molecular formula is C20H21N3O3. The van der Waals surface area contributed by atoms with E-state index >= 15 is 0 Å². The number of nitrogens with one attached hydrogen (secondary N) is 1. The van der Waals surface area contributed by atoms with E-state index in [0.717, 1.165) is 23.2 Å². The van der Waals surface area contributed by atoms with E-state index in [0.29, 0.717) is 17.6 Å². The number of carbonyl (C=O) groups is 1. The minimum atomic E-state index is -0.469. The number of aromatic amines is 1. The van der Waals surface area contributed by atoms with Crippen molar-refractivity contribution in [1.82, 2.24) is 14.8 Å². The van der Waals surface area contributed by atoms with Gasteiger partial charge in [0.05, 0.1) is 11.6 Å². The van der Waals surface area contributed by atoms with E-state index < -0.39 is 5.76 Å². The van der Waals surface area contributed by atoms with Crippen LogP contribution in [0, 0.1) is 0 Å². The number of H-pyrrole nitrogens is 1. The highest BCUT2D eigenvalue weighted by atomic mass is 16.4. The number of rotatable bonds is 4. The molecular weight excluding hydrogens is 330 g/mol. The van der Waals surface area contributed by atoms with E-state index in [1.54, 1.807) is 0 Å². The number of oxazole rings is 1. The molecule has 1 N–H and O–H groups in total. The molecule has 0 radical (unpaired) electrons. The molecule has 0 fully saturated rings. The number of benzene rings is 2. The van der Waals surface area contributed by atoms with E-state index in [9.17, 15) is 9.59 Å². The molecule has 1 atom stereocenters. The van der Waals surface area contributed by atoms with Crippen molar-refractivity contribution in [2.45, 2.75) is 26.1 Å². The first-order chi connectivity index (χ1) is 12.4. The van der Waals surface area contributed by atoms with E-state index in [4.69, 9.17) is 4.42 Å². The normalized spacial score (nSPS) is 16.7. The fourth-order valence-corrected chi connectivity index (χ4v) is 3.61. The second-order valence-corrected chi connectivity index (χ2v) is 7.11. The first-order valence-corrected chi connectivity index (χ1v) is 8.62. The van der Waals surface area contributed by atoms with Crippen LogP contribution in [0.2, 0.25) is 0 Å². The predicted octanol–water partition coefficient (Wildman–Crippen LogP) is 2.90. The van der Waals surface area contributed by atoms with Crippen molar-refractivity contribution in [3.63, 3.8) is 0 Å². The Morgan fingerprint density at radius 2 is 1.88 bits per heavy atom. The predicted molar refractivity (Wildman–Crippen MR) is 99.0 cm³/mol. The Balaban J connectivity index is 1.62. The smallest absolute Gasteiger partial charge is 0.408 e. The van der Waals surface area contributed by atoms with Gasteiger partial charge in [0, 0.05) is 18.7 Å². The van der Waals surface area contributed by atoms with Crippen molar-refractivity contribution in [2.24, 2.45) is 0 Å². The lowest BCUT2D eigenvalue weighted by atomic mass is 10.0. The first-order valence-electron chi connectivity index (χ1n) is 8.62. The lowest BCUT2D eigenvalue weighted by molar-refractivity contribution is 0.0723. The van der Waals surface area contributed by atoms with Crippen LogP contribution in [0.3, 0.4) is 0 Å². The summed E-state index contributed by atoms with van der Waals surface area (Å²) in [5, 5.41) is 0. The quantitative estimate of drug-likeness (QED) is 0.785. The topological polar surface area (TPSA) is 69.6 Å². The molecule has 6 nitrogen and oxygen atoms in total. The molecule has 0 saturated carbocycles. The third kappa shape index (κ3) is 2.82. The average molecular weight is 351 g/mol. The number of hydrogen-bond donors (Lipinski definition) is 1. The molecule has 0 bridgehead atoms. The van der Waals surface area contributed by atoms with E-state index in [-0.39, 0.29) is 11.9 Å². The largest absolute Gasteiger partial charge is 0.417 e. The highest BCUT2D eigenvalue weighted by Crippen LogP contribution is 2.35. The van der Waals surface area contributed by atoms with Crippen LogP contribution in [-0.4, -0.2) is 34.8 Å². The zero-order valence-corrected chi connectivity index (χ0v) is 15.1. The highest BCUT2D eigenvalue weighted by Gasteiger charge is 2.33. The summed E-state index contributed by atoms with van der Waals surface area (Å²) < 4.78 is 5.12. The number of nitrogens with zero attached hydrogens (tertiary/aromatic N) is 2. The Labute approximate surface area is 151 Å². The summed E-state index contributed by atoms with van der Waals surface area (Å²) in [4.78, 5) is 30.8. The van der Waals surface area contributed by atoms with Crippen LogP contribution in [0.1, 0.15) is 40.0 Å². The van der Waals surface area contributed by atoms with Crippen LogP contribution in [-0.2, 0) is 13.1 Å². The Hall–Kier alpha value is -2.86. The lowest BCUT2D eigenvalue weighted by Crippen LogP contribution is -2.26. The number of fused-ring (bicyclic) bond motifs is 2. The van der Waals surface area contributed by atoms with Gasteiger partial charge in [-0.3, -0.25) is 9.78 Å². The summed E-state index contributed by atoms with van der Waals surface area (Å²) in [5.41, 5.74) is 5.15. The molecule has 1 amide bonds. The van der Waals surface area contributed by atoms with Gasteiger partial charge in [-0.1, -0.05) is 18.2 Å². The fourth-order valence-electron chi connectivity index (χ4n) is 3.61. The molecule has 1 aliphatic rings. The average Bonchev–Trinajstić information content (AvgIpc) is 3.06. The van der Waals surface area contributed by atoms with Gasteiger partial charge in [-0.25, -0.2) is 4.79 Å². The van der Waals surface area contributed by atoms with Crippen molar-refractivity contribution in [3.05, 3.63) is 69.2 Å². The number of amides is 1. The summed E-state index contributed by atoms with van der Waals surface area (Å²) in [7, 11) is 4.06. The van der Waals surface area contributed by atoms with Gasteiger partial charge in [-0.2, -0.15) is 0 Å². The summed E-state index contributed by atoms with van der Waals surface area (Å²) in [6.45, 7) is 3.37. The zero-order chi connectivity index (χ0) is 18.4. The van der Waals surface area contributed by atoms with Crippen molar-refractivity contribution in [2.75, 3.05) is 14.1 Å². The molecule has 3 aromatic rings. The van der Waals surface area contributed by atoms with E-state index in [2.05, 4.69) is 22.9 Å². The Morgan fingerprint density at radius 1 is 1.12 bits per heavy atom. The van der Waals surface area contributed by atoms with Crippen molar-refractivity contribution in [3.8, 4) is 0 Å². The minimum absolute atomic E-state index is 0.00791. The zero-order valence-electron chi connectivity index (χ0n) is 15.1. The summed E-state index contributed by atoms with van der Waals surface area (Å²) in [5.74, 6) is -0.428. The summed E-state index contributed by atoms with van der Waals surface area (Å²) in [6, 6.07) is 11.6. The van der Waals surface area contributed by atoms with Crippen molar-refractivity contribution < 1.29 is 9.21 Å². The number of carbonyl (C=O) groups excluding carboxylic acids is 1. The van der Waals surface area contributed by atoms with Crippen LogP contribution in [0.25, 0.3) is 11.1 Å². The molecule has 0 spiro atoms. The minimum Gasteiger partial charge on any atom is -0.408 e. The molecule has 1 aromatic heterocycles. The maximum Gasteiger partial charge on any atom is 0.417 e. The molecule has 0 aliphatic carbocycles. The van der Waals surface area contributed by atoms with Crippen LogP contribution < -0.4 is 5.76 Å². The van der Waals surface area contributed by atoms with Gasteiger partial charge in [0.25, 0.3) is 5.91 Å². The van der Waals surface area contributed by atoms with Gasteiger partial charge in [-0.15, -0.1) is 0 Å². The molecule has 134 valence electrons.